The molecule has 0 aliphatic carbocycles. The number of carbonyl (C=O) groups excluding carboxylic acids is 1. The van der Waals surface area contributed by atoms with Gasteiger partial charge in [-0.25, -0.2) is 4.98 Å². The first kappa shape index (κ1) is 19.0. The molecule has 6 nitrogen and oxygen atoms in total. The molecule has 1 unspecified atom stereocenters. The van der Waals surface area contributed by atoms with E-state index >= 15 is 0 Å². The number of H-pyrrole nitrogens is 1. The van der Waals surface area contributed by atoms with Crippen molar-refractivity contribution in [1.82, 2.24) is 15.3 Å². The van der Waals surface area contributed by atoms with Crippen LogP contribution in [0.5, 0.6) is 0 Å². The largest absolute Gasteiger partial charge is 0.349 e. The van der Waals surface area contributed by atoms with E-state index in [-0.39, 0.29) is 16.7 Å². The summed E-state index contributed by atoms with van der Waals surface area (Å²) in [4.78, 5) is 33.6. The number of aryl methyl sites for hydroxylation is 2. The molecule has 24 heavy (non-hydrogen) atoms. The van der Waals surface area contributed by atoms with Gasteiger partial charge in [-0.15, -0.1) is 23.1 Å². The van der Waals surface area contributed by atoms with E-state index < -0.39 is 5.54 Å². The second-order valence-corrected chi connectivity index (χ2v) is 9.04. The van der Waals surface area contributed by atoms with Gasteiger partial charge in [0.1, 0.15) is 10.7 Å². The zero-order chi connectivity index (χ0) is 18.1. The number of thiophene rings is 1. The van der Waals surface area contributed by atoms with Crippen LogP contribution >= 0.6 is 23.1 Å². The van der Waals surface area contributed by atoms with E-state index in [0.717, 1.165) is 15.3 Å². The summed E-state index contributed by atoms with van der Waals surface area (Å²) in [6.45, 7) is 9.90. The highest BCUT2D eigenvalue weighted by molar-refractivity contribution is 7.99. The SMILES string of the molecule is Cc1sc2nc(CSC(C)C(=O)NC(C)(C)CN)[nH]c(=O)c2c1C. The molecule has 0 spiro atoms. The molecule has 2 aromatic rings. The molecular formula is C16H24N4O2S2. The first-order valence-electron chi connectivity index (χ1n) is 7.77. The molecule has 2 heterocycles. The van der Waals surface area contributed by atoms with Crippen molar-refractivity contribution < 1.29 is 4.79 Å². The summed E-state index contributed by atoms with van der Waals surface area (Å²) in [6, 6.07) is 0. The Bertz CT molecular complexity index is 810. The van der Waals surface area contributed by atoms with E-state index in [1.54, 1.807) is 0 Å². The molecule has 1 atom stereocenters. The lowest BCUT2D eigenvalue weighted by Gasteiger charge is -2.26. The minimum absolute atomic E-state index is 0.0679. The van der Waals surface area contributed by atoms with Crippen LogP contribution in [0.25, 0.3) is 10.2 Å². The summed E-state index contributed by atoms with van der Waals surface area (Å²) in [5.74, 6) is 0.997. The summed E-state index contributed by atoms with van der Waals surface area (Å²) < 4.78 is 0. The number of hydrogen-bond acceptors (Lipinski definition) is 6. The monoisotopic (exact) mass is 368 g/mol. The summed E-state index contributed by atoms with van der Waals surface area (Å²) in [7, 11) is 0. The summed E-state index contributed by atoms with van der Waals surface area (Å²) in [5, 5.41) is 3.33. The van der Waals surface area contributed by atoms with Crippen LogP contribution in [0.2, 0.25) is 0 Å². The molecule has 4 N–H and O–H groups in total. The van der Waals surface area contributed by atoms with E-state index in [4.69, 9.17) is 5.73 Å². The number of nitrogens with one attached hydrogen (secondary N) is 2. The molecule has 0 bridgehead atoms. The Morgan fingerprint density at radius 1 is 1.46 bits per heavy atom. The Morgan fingerprint density at radius 2 is 2.12 bits per heavy atom. The van der Waals surface area contributed by atoms with Crippen LogP contribution in [0.15, 0.2) is 4.79 Å². The molecule has 0 fully saturated rings. The zero-order valence-corrected chi connectivity index (χ0v) is 16.3. The molecular weight excluding hydrogens is 344 g/mol. The van der Waals surface area contributed by atoms with Gasteiger partial charge in [0.05, 0.1) is 16.4 Å². The molecule has 0 aliphatic heterocycles. The highest BCUT2D eigenvalue weighted by Crippen LogP contribution is 2.26. The molecule has 0 aromatic carbocycles. The van der Waals surface area contributed by atoms with Crippen molar-refractivity contribution in [2.45, 2.75) is 51.2 Å². The number of aromatic nitrogens is 2. The minimum Gasteiger partial charge on any atom is -0.349 e. The lowest BCUT2D eigenvalue weighted by molar-refractivity contribution is -0.121. The number of hydrogen-bond donors (Lipinski definition) is 3. The number of aromatic amines is 1. The fourth-order valence-electron chi connectivity index (χ4n) is 2.13. The number of carbonyl (C=O) groups is 1. The fourth-order valence-corrected chi connectivity index (χ4v) is 3.94. The lowest BCUT2D eigenvalue weighted by atomic mass is 10.1. The first-order valence-corrected chi connectivity index (χ1v) is 9.63. The Morgan fingerprint density at radius 3 is 2.75 bits per heavy atom. The molecule has 0 aliphatic rings. The maximum Gasteiger partial charge on any atom is 0.259 e. The topological polar surface area (TPSA) is 101 Å². The Kier molecular flexibility index (Phi) is 5.72. The Hall–Kier alpha value is -1.38. The Labute approximate surface area is 149 Å². The van der Waals surface area contributed by atoms with E-state index in [0.29, 0.717) is 23.5 Å². The number of amides is 1. The third kappa shape index (κ3) is 4.17. The van der Waals surface area contributed by atoms with Gasteiger partial charge in [-0.05, 0) is 40.2 Å². The second-order valence-electron chi connectivity index (χ2n) is 6.51. The quantitative estimate of drug-likeness (QED) is 0.725. The highest BCUT2D eigenvalue weighted by atomic mass is 32.2. The van der Waals surface area contributed by atoms with Gasteiger partial charge in [0, 0.05) is 17.0 Å². The summed E-state index contributed by atoms with van der Waals surface area (Å²) in [6.07, 6.45) is 0. The number of thioether (sulfide) groups is 1. The summed E-state index contributed by atoms with van der Waals surface area (Å²) in [5.41, 5.74) is 6.08. The molecule has 1 amide bonds. The van der Waals surface area contributed by atoms with Crippen LogP contribution in [0, 0.1) is 13.8 Å². The highest BCUT2D eigenvalue weighted by Gasteiger charge is 2.22. The van der Waals surface area contributed by atoms with Gasteiger partial charge in [0.15, 0.2) is 0 Å². The molecule has 8 heteroatoms. The van der Waals surface area contributed by atoms with Crippen LogP contribution in [0.1, 0.15) is 37.0 Å². The van der Waals surface area contributed by atoms with E-state index in [9.17, 15) is 9.59 Å². The molecule has 132 valence electrons. The van der Waals surface area contributed by atoms with Crippen molar-refractivity contribution in [3.05, 3.63) is 26.6 Å². The molecule has 2 aromatic heterocycles. The number of nitrogens with zero attached hydrogens (tertiary/aromatic N) is 1. The van der Waals surface area contributed by atoms with Gasteiger partial charge >= 0.3 is 0 Å². The average molecular weight is 369 g/mol. The van der Waals surface area contributed by atoms with Crippen molar-refractivity contribution >= 4 is 39.2 Å². The molecule has 2 rings (SSSR count). The molecule has 0 saturated carbocycles. The van der Waals surface area contributed by atoms with Crippen molar-refractivity contribution in [2.75, 3.05) is 6.54 Å². The predicted molar refractivity (Wildman–Crippen MR) is 102 cm³/mol. The van der Waals surface area contributed by atoms with Crippen LogP contribution < -0.4 is 16.6 Å². The van der Waals surface area contributed by atoms with Crippen LogP contribution in [-0.4, -0.2) is 33.2 Å². The maximum absolute atomic E-state index is 12.2. The van der Waals surface area contributed by atoms with Gasteiger partial charge in [-0.2, -0.15) is 0 Å². The zero-order valence-electron chi connectivity index (χ0n) is 14.6. The van der Waals surface area contributed by atoms with Crippen molar-refractivity contribution in [1.29, 1.82) is 0 Å². The summed E-state index contributed by atoms with van der Waals surface area (Å²) >= 11 is 2.96. The van der Waals surface area contributed by atoms with E-state index in [2.05, 4.69) is 15.3 Å². The normalized spacial score (nSPS) is 13.2. The minimum atomic E-state index is -0.427. The predicted octanol–water partition coefficient (Wildman–Crippen LogP) is 2.08. The third-order valence-electron chi connectivity index (χ3n) is 3.90. The van der Waals surface area contributed by atoms with E-state index in [1.807, 2.05) is 34.6 Å². The standard InChI is InChI=1S/C16H24N4O2S2/c1-8-9(2)24-15-12(8)14(22)18-11(19-15)6-23-10(3)13(21)20-16(4,5)7-17/h10H,6-7,17H2,1-5H3,(H,20,21)(H,18,19,22). The molecule has 0 radical (unpaired) electrons. The smallest absolute Gasteiger partial charge is 0.259 e. The maximum atomic E-state index is 12.2. The number of nitrogens with two attached hydrogens (primary N) is 1. The Balaban J connectivity index is 2.08. The number of rotatable bonds is 6. The average Bonchev–Trinajstić information content (AvgIpc) is 2.79. The van der Waals surface area contributed by atoms with Crippen LogP contribution in [0.3, 0.4) is 0 Å². The van der Waals surface area contributed by atoms with Crippen LogP contribution in [-0.2, 0) is 10.5 Å². The van der Waals surface area contributed by atoms with Gasteiger partial charge < -0.3 is 16.0 Å². The second kappa shape index (κ2) is 7.25. The lowest BCUT2D eigenvalue weighted by Crippen LogP contribution is -2.51. The van der Waals surface area contributed by atoms with Crippen LogP contribution in [0.4, 0.5) is 0 Å². The van der Waals surface area contributed by atoms with Crippen molar-refractivity contribution in [3.63, 3.8) is 0 Å². The number of fused-ring (bicyclic) bond motifs is 1. The van der Waals surface area contributed by atoms with Crippen molar-refractivity contribution in [2.24, 2.45) is 5.73 Å². The third-order valence-corrected chi connectivity index (χ3v) is 6.15. The van der Waals surface area contributed by atoms with Gasteiger partial charge in [-0.3, -0.25) is 9.59 Å². The van der Waals surface area contributed by atoms with Gasteiger partial charge in [0.2, 0.25) is 5.91 Å². The van der Waals surface area contributed by atoms with Gasteiger partial charge in [-0.1, -0.05) is 0 Å². The fraction of sp³-hybridized carbons (Fsp3) is 0.562. The molecule has 0 saturated heterocycles. The van der Waals surface area contributed by atoms with Crippen molar-refractivity contribution in [3.8, 4) is 0 Å². The van der Waals surface area contributed by atoms with E-state index in [1.165, 1.54) is 23.1 Å². The van der Waals surface area contributed by atoms with Gasteiger partial charge in [0.25, 0.3) is 5.56 Å². The first-order chi connectivity index (χ1) is 11.1.